The van der Waals surface area contributed by atoms with Crippen molar-refractivity contribution in [2.24, 2.45) is 11.3 Å². The molecule has 0 aliphatic carbocycles. The molecule has 0 saturated heterocycles. The van der Waals surface area contributed by atoms with E-state index < -0.39 is 23.5 Å². The van der Waals surface area contributed by atoms with E-state index in [2.05, 4.69) is 18.4 Å². The molecule has 1 unspecified atom stereocenters. The van der Waals surface area contributed by atoms with Crippen LogP contribution in [0.25, 0.3) is 0 Å². The van der Waals surface area contributed by atoms with Crippen LogP contribution in [-0.2, 0) is 19.1 Å². The van der Waals surface area contributed by atoms with Crippen molar-refractivity contribution in [3.63, 3.8) is 0 Å². The molecule has 1 N–H and O–H groups in total. The van der Waals surface area contributed by atoms with Crippen LogP contribution in [-0.4, -0.2) is 36.4 Å². The Morgan fingerprint density at radius 3 is 2.09 bits per heavy atom. The predicted octanol–water partition coefficient (Wildman–Crippen LogP) is 2.09. The highest BCUT2D eigenvalue weighted by atomic mass is 16.6. The molecular formula is C17H26O5. The molecule has 5 heteroatoms. The quantitative estimate of drug-likeness (QED) is 0.322. The fourth-order valence-corrected chi connectivity index (χ4v) is 1.72. The fraction of sp³-hybridized carbons (Fsp3) is 0.647. The van der Waals surface area contributed by atoms with Gasteiger partial charge in [-0.2, -0.15) is 0 Å². The van der Waals surface area contributed by atoms with Crippen LogP contribution in [0, 0.1) is 23.2 Å². The van der Waals surface area contributed by atoms with Crippen LogP contribution in [0.15, 0.2) is 12.7 Å². The van der Waals surface area contributed by atoms with Crippen molar-refractivity contribution in [1.29, 1.82) is 0 Å². The van der Waals surface area contributed by atoms with E-state index in [1.807, 2.05) is 13.8 Å². The maximum Gasteiger partial charge on any atom is 0.324 e. The monoisotopic (exact) mass is 310 g/mol. The first-order valence-corrected chi connectivity index (χ1v) is 7.47. The van der Waals surface area contributed by atoms with Gasteiger partial charge in [0.25, 0.3) is 0 Å². The molecule has 22 heavy (non-hydrogen) atoms. The molecule has 0 rings (SSSR count). The zero-order chi connectivity index (χ0) is 17.2. The molecule has 0 saturated carbocycles. The summed E-state index contributed by atoms with van der Waals surface area (Å²) in [4.78, 5) is 24.6. The van der Waals surface area contributed by atoms with Gasteiger partial charge in [0.2, 0.25) is 0 Å². The second-order valence-corrected chi connectivity index (χ2v) is 5.20. The Balaban J connectivity index is 5.48. The van der Waals surface area contributed by atoms with E-state index in [0.717, 1.165) is 0 Å². The standard InChI is InChI=1S/C17H26O5/c1-6-11-17(15(19)21-7-2,16(20)22-8-3)12-9-10-14(18)13(4)5/h6,13-14,18H,1,7-8,11-12H2,2-5H3. The van der Waals surface area contributed by atoms with Crippen molar-refractivity contribution in [3.05, 3.63) is 12.7 Å². The lowest BCUT2D eigenvalue weighted by Gasteiger charge is -2.26. The Labute approximate surface area is 132 Å². The van der Waals surface area contributed by atoms with Gasteiger partial charge in [-0.1, -0.05) is 31.8 Å². The fourth-order valence-electron chi connectivity index (χ4n) is 1.72. The van der Waals surface area contributed by atoms with Gasteiger partial charge in [0.05, 0.1) is 13.2 Å². The maximum atomic E-state index is 12.3. The highest BCUT2D eigenvalue weighted by molar-refractivity contribution is 6.00. The number of hydrogen-bond donors (Lipinski definition) is 1. The van der Waals surface area contributed by atoms with Gasteiger partial charge >= 0.3 is 11.9 Å². The molecular weight excluding hydrogens is 284 g/mol. The number of hydrogen-bond acceptors (Lipinski definition) is 5. The summed E-state index contributed by atoms with van der Waals surface area (Å²) >= 11 is 0. The van der Waals surface area contributed by atoms with Crippen LogP contribution >= 0.6 is 0 Å². The van der Waals surface area contributed by atoms with Crippen LogP contribution in [0.2, 0.25) is 0 Å². The van der Waals surface area contributed by atoms with E-state index in [9.17, 15) is 14.7 Å². The van der Waals surface area contributed by atoms with Gasteiger partial charge in [0.1, 0.15) is 6.10 Å². The third-order valence-corrected chi connectivity index (χ3v) is 3.10. The minimum atomic E-state index is -1.53. The number of aliphatic hydroxyl groups excluding tert-OH is 1. The number of carbonyl (C=O) groups is 2. The average molecular weight is 310 g/mol. The SMILES string of the molecule is C=CCC(CC#CC(O)C(C)C)(C(=O)OCC)C(=O)OCC. The lowest BCUT2D eigenvalue weighted by atomic mass is 9.81. The molecule has 0 aromatic carbocycles. The van der Waals surface area contributed by atoms with E-state index in [-0.39, 0.29) is 32.0 Å². The summed E-state index contributed by atoms with van der Waals surface area (Å²) in [6.07, 6.45) is 0.636. The lowest BCUT2D eigenvalue weighted by molar-refractivity contribution is -0.171. The van der Waals surface area contributed by atoms with Gasteiger partial charge in [-0.3, -0.25) is 9.59 Å². The minimum absolute atomic E-state index is 0.0357. The molecule has 0 aromatic heterocycles. The first-order chi connectivity index (χ1) is 10.4. The summed E-state index contributed by atoms with van der Waals surface area (Å²) in [6, 6.07) is 0. The molecule has 0 heterocycles. The van der Waals surface area contributed by atoms with Crippen LogP contribution in [0.5, 0.6) is 0 Å². The van der Waals surface area contributed by atoms with E-state index in [4.69, 9.17) is 9.47 Å². The second kappa shape index (κ2) is 10.0. The normalized spacial score (nSPS) is 12.1. The largest absolute Gasteiger partial charge is 0.465 e. The number of esters is 2. The van der Waals surface area contributed by atoms with Gasteiger partial charge in [0, 0.05) is 6.42 Å². The number of rotatable bonds is 8. The summed E-state index contributed by atoms with van der Waals surface area (Å²) in [5.74, 6) is 3.97. The van der Waals surface area contributed by atoms with Crippen LogP contribution in [0.4, 0.5) is 0 Å². The molecule has 0 bridgehead atoms. The van der Waals surface area contributed by atoms with Crippen molar-refractivity contribution >= 4 is 11.9 Å². The lowest BCUT2D eigenvalue weighted by Crippen LogP contribution is -2.41. The molecule has 0 radical (unpaired) electrons. The van der Waals surface area contributed by atoms with Gasteiger partial charge in [-0.05, 0) is 26.2 Å². The van der Waals surface area contributed by atoms with Gasteiger partial charge < -0.3 is 14.6 Å². The first-order valence-electron chi connectivity index (χ1n) is 7.47. The molecule has 5 nitrogen and oxygen atoms in total. The Morgan fingerprint density at radius 2 is 1.73 bits per heavy atom. The first kappa shape index (κ1) is 20.2. The predicted molar refractivity (Wildman–Crippen MR) is 83.8 cm³/mol. The second-order valence-electron chi connectivity index (χ2n) is 5.20. The van der Waals surface area contributed by atoms with Crippen molar-refractivity contribution in [3.8, 4) is 11.8 Å². The molecule has 0 aliphatic rings. The van der Waals surface area contributed by atoms with E-state index >= 15 is 0 Å². The Bertz CT molecular complexity index is 424. The Morgan fingerprint density at radius 1 is 1.23 bits per heavy atom. The van der Waals surface area contributed by atoms with Crippen molar-refractivity contribution in [2.75, 3.05) is 13.2 Å². The molecule has 0 spiro atoms. The maximum absolute atomic E-state index is 12.3. The van der Waals surface area contributed by atoms with Gasteiger partial charge in [0.15, 0.2) is 5.41 Å². The summed E-state index contributed by atoms with van der Waals surface area (Å²) in [5, 5.41) is 9.71. The van der Waals surface area contributed by atoms with E-state index in [0.29, 0.717) is 0 Å². The third kappa shape index (κ3) is 5.53. The van der Waals surface area contributed by atoms with Crippen LogP contribution in [0.1, 0.15) is 40.5 Å². The Hall–Kier alpha value is -1.80. The average Bonchev–Trinajstić information content (AvgIpc) is 2.46. The highest BCUT2D eigenvalue weighted by Gasteiger charge is 2.47. The highest BCUT2D eigenvalue weighted by Crippen LogP contribution is 2.31. The molecule has 124 valence electrons. The van der Waals surface area contributed by atoms with Crippen molar-refractivity contribution < 1.29 is 24.2 Å². The van der Waals surface area contributed by atoms with Crippen LogP contribution < -0.4 is 0 Å². The number of allylic oxidation sites excluding steroid dienone is 1. The van der Waals surface area contributed by atoms with Gasteiger partial charge in [-0.15, -0.1) is 6.58 Å². The van der Waals surface area contributed by atoms with Crippen molar-refractivity contribution in [1.82, 2.24) is 0 Å². The van der Waals surface area contributed by atoms with E-state index in [1.54, 1.807) is 13.8 Å². The molecule has 0 aromatic rings. The van der Waals surface area contributed by atoms with Crippen LogP contribution in [0.3, 0.4) is 0 Å². The smallest absolute Gasteiger partial charge is 0.324 e. The topological polar surface area (TPSA) is 72.8 Å². The Kier molecular flexibility index (Phi) is 9.20. The number of carbonyl (C=O) groups excluding carboxylic acids is 2. The summed E-state index contributed by atoms with van der Waals surface area (Å²) in [5.41, 5.74) is -1.53. The number of aliphatic hydroxyl groups is 1. The zero-order valence-corrected chi connectivity index (χ0v) is 13.8. The number of ether oxygens (including phenoxy) is 2. The third-order valence-electron chi connectivity index (χ3n) is 3.10. The van der Waals surface area contributed by atoms with Crippen molar-refractivity contribution in [2.45, 2.75) is 46.6 Å². The van der Waals surface area contributed by atoms with Gasteiger partial charge in [-0.25, -0.2) is 0 Å². The molecule has 0 amide bonds. The molecule has 0 aliphatic heterocycles. The summed E-state index contributed by atoms with van der Waals surface area (Å²) in [7, 11) is 0. The summed E-state index contributed by atoms with van der Waals surface area (Å²) < 4.78 is 10.0. The van der Waals surface area contributed by atoms with E-state index in [1.165, 1.54) is 6.08 Å². The summed E-state index contributed by atoms with van der Waals surface area (Å²) in [6.45, 7) is 10.9. The molecule has 1 atom stereocenters. The minimum Gasteiger partial charge on any atom is -0.465 e. The molecule has 0 fully saturated rings. The zero-order valence-electron chi connectivity index (χ0n) is 13.8.